The molecule has 0 saturated heterocycles. The molecule has 0 spiro atoms. The second-order valence-corrected chi connectivity index (χ2v) is 4.74. The molecule has 0 aromatic carbocycles. The molecule has 2 fully saturated rings. The molecule has 0 radical (unpaired) electrons. The minimum absolute atomic E-state index is 0.281. The van der Waals surface area contributed by atoms with Crippen molar-refractivity contribution >= 4 is 5.91 Å². The largest absolute Gasteiger partial charge is 0.356 e. The van der Waals surface area contributed by atoms with E-state index >= 15 is 0 Å². The molecule has 2 heteroatoms. The average Bonchev–Trinajstić information content (AvgIpc) is 2.98. The number of carbonyl (C=O) groups excluding carboxylic acids is 1. The van der Waals surface area contributed by atoms with Crippen LogP contribution in [0, 0.1) is 30.1 Å². The monoisotopic (exact) mass is 205 g/mol. The fraction of sp³-hybridized carbons (Fsp3) is 0.769. The zero-order chi connectivity index (χ0) is 10.7. The Morgan fingerprint density at radius 1 is 1.33 bits per heavy atom. The van der Waals surface area contributed by atoms with Crippen molar-refractivity contribution < 1.29 is 4.79 Å². The van der Waals surface area contributed by atoms with Crippen LogP contribution in [-0.4, -0.2) is 12.5 Å². The van der Waals surface area contributed by atoms with Gasteiger partial charge in [0.05, 0.1) is 0 Å². The van der Waals surface area contributed by atoms with Gasteiger partial charge in [0.2, 0.25) is 5.91 Å². The smallest absolute Gasteiger partial charge is 0.223 e. The number of hydrogen-bond acceptors (Lipinski definition) is 1. The van der Waals surface area contributed by atoms with Crippen molar-refractivity contribution in [1.82, 2.24) is 5.32 Å². The summed E-state index contributed by atoms with van der Waals surface area (Å²) in [6.07, 6.45) is 12.0. The molecule has 82 valence electrons. The van der Waals surface area contributed by atoms with Gasteiger partial charge in [-0.2, -0.15) is 0 Å². The topological polar surface area (TPSA) is 29.1 Å². The van der Waals surface area contributed by atoms with Crippen molar-refractivity contribution in [1.29, 1.82) is 0 Å². The number of carbonyl (C=O) groups is 1. The van der Waals surface area contributed by atoms with Gasteiger partial charge in [0.1, 0.15) is 0 Å². The van der Waals surface area contributed by atoms with Gasteiger partial charge >= 0.3 is 0 Å². The van der Waals surface area contributed by atoms with Crippen molar-refractivity contribution in [3.8, 4) is 12.3 Å². The van der Waals surface area contributed by atoms with Gasteiger partial charge in [0, 0.05) is 18.9 Å². The third-order valence-electron chi connectivity index (χ3n) is 3.76. The van der Waals surface area contributed by atoms with Crippen LogP contribution in [0.15, 0.2) is 0 Å². The lowest BCUT2D eigenvalue weighted by Gasteiger charge is -2.04. The van der Waals surface area contributed by atoms with Gasteiger partial charge in [-0.3, -0.25) is 4.79 Å². The minimum Gasteiger partial charge on any atom is -0.356 e. The first kappa shape index (κ1) is 10.5. The van der Waals surface area contributed by atoms with E-state index in [9.17, 15) is 4.79 Å². The number of terminal acetylenes is 1. The highest BCUT2D eigenvalue weighted by Crippen LogP contribution is 2.55. The zero-order valence-corrected chi connectivity index (χ0v) is 9.17. The lowest BCUT2D eigenvalue weighted by Crippen LogP contribution is -2.26. The molecule has 2 unspecified atom stereocenters. The van der Waals surface area contributed by atoms with Crippen molar-refractivity contribution in [3.05, 3.63) is 0 Å². The van der Waals surface area contributed by atoms with E-state index in [0.717, 1.165) is 19.4 Å². The Labute approximate surface area is 91.8 Å². The van der Waals surface area contributed by atoms with E-state index in [1.54, 1.807) is 0 Å². The van der Waals surface area contributed by atoms with Crippen LogP contribution in [0.4, 0.5) is 0 Å². The maximum atomic E-state index is 11.8. The molecule has 2 nitrogen and oxygen atoms in total. The first-order chi connectivity index (χ1) is 7.34. The lowest BCUT2D eigenvalue weighted by atomic mass is 10.0. The highest BCUT2D eigenvalue weighted by Gasteiger charge is 2.54. The van der Waals surface area contributed by atoms with E-state index < -0.39 is 0 Å². The van der Waals surface area contributed by atoms with Crippen LogP contribution in [0.2, 0.25) is 0 Å². The third kappa shape index (κ3) is 2.34. The maximum absolute atomic E-state index is 11.8. The van der Waals surface area contributed by atoms with Crippen molar-refractivity contribution in [2.45, 2.75) is 38.5 Å². The van der Waals surface area contributed by atoms with Crippen LogP contribution in [0.1, 0.15) is 38.5 Å². The standard InChI is InChI=1S/C13H19NO/c1-2-3-6-9-14-13(15)12-10-7-4-5-8-11(10)12/h1,10-12H,3-9H2,(H,14,15). The first-order valence-electron chi connectivity index (χ1n) is 6.06. The first-order valence-corrected chi connectivity index (χ1v) is 6.06. The number of nitrogens with one attached hydrogen (secondary N) is 1. The molecule has 2 saturated carbocycles. The number of amides is 1. The predicted octanol–water partition coefficient (Wildman–Crippen LogP) is 1.95. The summed E-state index contributed by atoms with van der Waals surface area (Å²) < 4.78 is 0. The SMILES string of the molecule is C#CCCCNC(=O)C1C2CCCCC21. The second-order valence-electron chi connectivity index (χ2n) is 4.74. The molecule has 0 bridgehead atoms. The summed E-state index contributed by atoms with van der Waals surface area (Å²) in [5.74, 6) is 4.64. The van der Waals surface area contributed by atoms with Crippen molar-refractivity contribution in [2.24, 2.45) is 17.8 Å². The Morgan fingerprint density at radius 3 is 2.60 bits per heavy atom. The molecular weight excluding hydrogens is 186 g/mol. The Kier molecular flexibility index (Phi) is 3.30. The Balaban J connectivity index is 1.67. The highest BCUT2D eigenvalue weighted by atomic mass is 16.2. The van der Waals surface area contributed by atoms with Crippen molar-refractivity contribution in [2.75, 3.05) is 6.54 Å². The van der Waals surface area contributed by atoms with Gasteiger partial charge in [0.25, 0.3) is 0 Å². The van der Waals surface area contributed by atoms with Crippen LogP contribution >= 0.6 is 0 Å². The summed E-state index contributed by atoms with van der Waals surface area (Å²) in [5.41, 5.74) is 0. The molecular formula is C13H19NO. The summed E-state index contributed by atoms with van der Waals surface area (Å²) in [4.78, 5) is 11.8. The number of fused-ring (bicyclic) bond motifs is 1. The molecule has 0 aromatic heterocycles. The van der Waals surface area contributed by atoms with E-state index in [1.807, 2.05) is 0 Å². The Morgan fingerprint density at radius 2 is 2.00 bits per heavy atom. The molecule has 0 aliphatic heterocycles. The predicted molar refractivity (Wildman–Crippen MR) is 60.0 cm³/mol. The van der Waals surface area contributed by atoms with Crippen LogP contribution < -0.4 is 5.32 Å². The average molecular weight is 205 g/mol. The van der Waals surface area contributed by atoms with E-state index in [-0.39, 0.29) is 5.91 Å². The zero-order valence-electron chi connectivity index (χ0n) is 9.17. The molecule has 2 aliphatic carbocycles. The quantitative estimate of drug-likeness (QED) is 0.551. The number of hydrogen-bond donors (Lipinski definition) is 1. The molecule has 2 aliphatic rings. The second kappa shape index (κ2) is 4.70. The fourth-order valence-corrected chi connectivity index (χ4v) is 2.90. The molecule has 1 N–H and O–H groups in total. The van der Waals surface area contributed by atoms with Gasteiger partial charge in [-0.1, -0.05) is 12.8 Å². The molecule has 2 rings (SSSR count). The van der Waals surface area contributed by atoms with E-state index in [0.29, 0.717) is 17.8 Å². The third-order valence-corrected chi connectivity index (χ3v) is 3.76. The van der Waals surface area contributed by atoms with Gasteiger partial charge in [-0.15, -0.1) is 12.3 Å². The van der Waals surface area contributed by atoms with Gasteiger partial charge in [0.15, 0.2) is 0 Å². The highest BCUT2D eigenvalue weighted by molar-refractivity contribution is 5.82. The summed E-state index contributed by atoms with van der Waals surface area (Å²) in [6.45, 7) is 0.749. The molecule has 2 atom stereocenters. The summed E-state index contributed by atoms with van der Waals surface area (Å²) in [5, 5.41) is 3.00. The van der Waals surface area contributed by atoms with Crippen LogP contribution in [0.5, 0.6) is 0 Å². The molecule has 0 aromatic rings. The van der Waals surface area contributed by atoms with Gasteiger partial charge < -0.3 is 5.32 Å². The van der Waals surface area contributed by atoms with Crippen LogP contribution in [-0.2, 0) is 4.79 Å². The summed E-state index contributed by atoms with van der Waals surface area (Å²) in [6, 6.07) is 0. The minimum atomic E-state index is 0.281. The van der Waals surface area contributed by atoms with Gasteiger partial charge in [-0.05, 0) is 31.1 Å². The molecule has 0 heterocycles. The van der Waals surface area contributed by atoms with Crippen molar-refractivity contribution in [3.63, 3.8) is 0 Å². The van der Waals surface area contributed by atoms with E-state index in [4.69, 9.17) is 6.42 Å². The summed E-state index contributed by atoms with van der Waals surface area (Å²) in [7, 11) is 0. The van der Waals surface area contributed by atoms with E-state index in [1.165, 1.54) is 25.7 Å². The Bertz CT molecular complexity index is 267. The Hall–Kier alpha value is -0.970. The number of rotatable bonds is 4. The molecule has 1 amide bonds. The summed E-state index contributed by atoms with van der Waals surface area (Å²) >= 11 is 0. The fourth-order valence-electron chi connectivity index (χ4n) is 2.90. The maximum Gasteiger partial charge on any atom is 0.223 e. The lowest BCUT2D eigenvalue weighted by molar-refractivity contribution is -0.122. The molecule has 15 heavy (non-hydrogen) atoms. The van der Waals surface area contributed by atoms with Gasteiger partial charge in [-0.25, -0.2) is 0 Å². The van der Waals surface area contributed by atoms with E-state index in [2.05, 4.69) is 11.2 Å². The normalized spacial score (nSPS) is 32.6. The van der Waals surface area contributed by atoms with Crippen LogP contribution in [0.3, 0.4) is 0 Å². The number of unbranched alkanes of at least 4 members (excludes halogenated alkanes) is 1. The van der Waals surface area contributed by atoms with Crippen LogP contribution in [0.25, 0.3) is 0 Å².